The van der Waals surface area contributed by atoms with Crippen LogP contribution in [0, 0.1) is 0 Å². The standard InChI is InChI=1S/C52H22F30N2/c53-43(54,55)25-9-26(44(56,57)58)14-35(13-25)83(36-15-27(45(59,60)61)10-28(16-36)46(62,63)64)33-5-1-23(2-6-33)39-21-42(52(80,81)82)40(22-41(39)51(77,78)79)24-3-7-34(8-4-24)84(37-17-29(47(65,66)67)11-30(18-37)48(68,69)70)38-19-31(49(71,72)73)12-32(20-38)50(74,75)76/h1-22H. The topological polar surface area (TPSA) is 6.48 Å². The average molecular weight is 1240 g/mol. The van der Waals surface area contributed by atoms with Gasteiger partial charge in [0.1, 0.15) is 0 Å². The van der Waals surface area contributed by atoms with Crippen molar-refractivity contribution in [3.05, 3.63) is 189 Å². The molecule has 0 aliphatic heterocycles. The Bertz CT molecular complexity index is 3050. The molecule has 7 rings (SSSR count). The van der Waals surface area contributed by atoms with Crippen LogP contribution in [0.5, 0.6) is 0 Å². The van der Waals surface area contributed by atoms with E-state index in [1.54, 1.807) is 0 Å². The van der Waals surface area contributed by atoms with E-state index in [0.717, 1.165) is 0 Å². The number of anilines is 6. The summed E-state index contributed by atoms with van der Waals surface area (Å²) in [6, 6.07) is -1.12. The molecule has 0 radical (unpaired) electrons. The highest BCUT2D eigenvalue weighted by Crippen LogP contribution is 2.51. The second-order valence-corrected chi connectivity index (χ2v) is 17.8. The molecule has 0 spiro atoms. The second-order valence-electron chi connectivity index (χ2n) is 17.8. The minimum Gasteiger partial charge on any atom is -0.310 e. The van der Waals surface area contributed by atoms with Crippen molar-refractivity contribution in [3.63, 3.8) is 0 Å². The average Bonchev–Trinajstić information content (AvgIpc) is 0.926. The molecule has 450 valence electrons. The maximum atomic E-state index is 15.1. The lowest BCUT2D eigenvalue weighted by molar-refractivity contribution is -0.144. The summed E-state index contributed by atoms with van der Waals surface area (Å²) in [5.41, 5.74) is -35.0. The Morgan fingerprint density at radius 1 is 0.179 bits per heavy atom. The third-order valence-electron chi connectivity index (χ3n) is 12.0. The SMILES string of the molecule is FC(F)(F)c1cc(N(c2ccc(-c3cc(C(F)(F)F)c(-c4ccc(N(c5cc(C(F)(F)F)cc(C(F)(F)F)c5)c5cc(C(F)(F)F)cc(C(F)(F)F)c5)cc4)cc3C(F)(F)F)cc2)c2cc(C(F)(F)F)cc(C(F)(F)F)c2)cc(C(F)(F)F)c1. The first-order valence-corrected chi connectivity index (χ1v) is 22.2. The molecular formula is C52H22F30N2. The third kappa shape index (κ3) is 14.0. The zero-order valence-corrected chi connectivity index (χ0v) is 39.9. The van der Waals surface area contributed by atoms with Gasteiger partial charge in [0.25, 0.3) is 0 Å². The predicted molar refractivity (Wildman–Crippen MR) is 237 cm³/mol. The summed E-state index contributed by atoms with van der Waals surface area (Å²) >= 11 is 0. The molecule has 0 amide bonds. The Morgan fingerprint density at radius 2 is 0.345 bits per heavy atom. The molecule has 0 saturated carbocycles. The van der Waals surface area contributed by atoms with E-state index in [0.29, 0.717) is 48.5 Å². The van der Waals surface area contributed by atoms with Gasteiger partial charge >= 0.3 is 61.8 Å². The normalized spacial score (nSPS) is 13.6. The van der Waals surface area contributed by atoms with E-state index in [9.17, 15) is 105 Å². The molecule has 7 aromatic carbocycles. The van der Waals surface area contributed by atoms with Gasteiger partial charge in [-0.15, -0.1) is 0 Å². The van der Waals surface area contributed by atoms with Gasteiger partial charge in [0.2, 0.25) is 0 Å². The van der Waals surface area contributed by atoms with Crippen molar-refractivity contribution in [2.75, 3.05) is 9.80 Å². The number of hydrogen-bond acceptors (Lipinski definition) is 2. The summed E-state index contributed by atoms with van der Waals surface area (Å²) < 4.78 is 428. The number of nitrogens with zero attached hydrogens (tertiary/aromatic N) is 2. The molecule has 0 fully saturated rings. The van der Waals surface area contributed by atoms with Crippen LogP contribution in [0.1, 0.15) is 55.6 Å². The van der Waals surface area contributed by atoms with Gasteiger partial charge in [-0.2, -0.15) is 132 Å². The molecule has 7 aromatic rings. The van der Waals surface area contributed by atoms with E-state index >= 15 is 26.3 Å². The molecule has 0 aromatic heterocycles. The number of halogens is 30. The first-order valence-electron chi connectivity index (χ1n) is 22.2. The highest BCUT2D eigenvalue weighted by atomic mass is 19.4. The largest absolute Gasteiger partial charge is 0.417 e. The summed E-state index contributed by atoms with van der Waals surface area (Å²) in [5, 5.41) is 0. The van der Waals surface area contributed by atoms with Crippen LogP contribution in [-0.2, 0) is 61.8 Å². The Hall–Kier alpha value is -7.96. The van der Waals surface area contributed by atoms with Crippen molar-refractivity contribution < 1.29 is 132 Å². The molecule has 0 heterocycles. The Kier molecular flexibility index (Phi) is 15.9. The number of alkyl halides is 30. The fourth-order valence-electron chi connectivity index (χ4n) is 8.29. The van der Waals surface area contributed by atoms with Gasteiger partial charge in [-0.25, -0.2) is 0 Å². The summed E-state index contributed by atoms with van der Waals surface area (Å²) in [6.45, 7) is 0. The quantitative estimate of drug-likeness (QED) is 0.140. The van der Waals surface area contributed by atoms with Gasteiger partial charge < -0.3 is 9.80 Å². The van der Waals surface area contributed by atoms with Crippen LogP contribution in [0.15, 0.2) is 133 Å². The Balaban J connectivity index is 1.45. The molecule has 0 atom stereocenters. The lowest BCUT2D eigenvalue weighted by Crippen LogP contribution is -2.18. The van der Waals surface area contributed by atoms with E-state index in [1.807, 2.05) is 0 Å². The van der Waals surface area contributed by atoms with Gasteiger partial charge in [0.15, 0.2) is 0 Å². The van der Waals surface area contributed by atoms with Crippen LogP contribution in [-0.4, -0.2) is 0 Å². The fourth-order valence-corrected chi connectivity index (χ4v) is 8.29. The molecule has 32 heteroatoms. The number of benzene rings is 7. The van der Waals surface area contributed by atoms with Gasteiger partial charge in [-0.1, -0.05) is 24.3 Å². The molecule has 0 aliphatic carbocycles. The van der Waals surface area contributed by atoms with E-state index in [1.165, 1.54) is 0 Å². The van der Waals surface area contributed by atoms with E-state index in [4.69, 9.17) is 0 Å². The number of hydrogen-bond donors (Lipinski definition) is 0. The van der Waals surface area contributed by atoms with Crippen molar-refractivity contribution in [1.82, 2.24) is 0 Å². The van der Waals surface area contributed by atoms with Crippen molar-refractivity contribution in [2.24, 2.45) is 0 Å². The van der Waals surface area contributed by atoms with E-state index in [2.05, 4.69) is 0 Å². The minimum absolute atomic E-state index is 0.0665. The predicted octanol–water partition coefficient (Wildman–Crippen LogP) is 22.1. The summed E-state index contributed by atoms with van der Waals surface area (Å²) in [6.07, 6.45) is -57.5. The third-order valence-corrected chi connectivity index (χ3v) is 12.0. The van der Waals surface area contributed by atoms with Gasteiger partial charge in [-0.3, -0.25) is 0 Å². The maximum absolute atomic E-state index is 15.1. The lowest BCUT2D eigenvalue weighted by Gasteiger charge is -2.29. The van der Waals surface area contributed by atoms with Crippen molar-refractivity contribution in [2.45, 2.75) is 61.8 Å². The second kappa shape index (κ2) is 21.0. The lowest BCUT2D eigenvalue weighted by atomic mass is 9.89. The zero-order valence-electron chi connectivity index (χ0n) is 39.9. The van der Waals surface area contributed by atoms with Crippen molar-refractivity contribution >= 4 is 34.1 Å². The minimum atomic E-state index is -5.81. The summed E-state index contributed by atoms with van der Waals surface area (Å²) in [4.78, 5) is -0.133. The first kappa shape index (κ1) is 63.6. The summed E-state index contributed by atoms with van der Waals surface area (Å²) in [7, 11) is 0. The molecule has 0 saturated heterocycles. The van der Waals surface area contributed by atoms with Gasteiger partial charge in [0, 0.05) is 34.1 Å². The van der Waals surface area contributed by atoms with Crippen LogP contribution < -0.4 is 9.80 Å². The van der Waals surface area contributed by atoms with Gasteiger partial charge in [-0.05, 0) is 131 Å². The summed E-state index contributed by atoms with van der Waals surface area (Å²) in [5.74, 6) is 0. The van der Waals surface area contributed by atoms with Crippen LogP contribution in [0.4, 0.5) is 166 Å². The zero-order chi connectivity index (χ0) is 63.3. The van der Waals surface area contributed by atoms with Crippen molar-refractivity contribution in [3.8, 4) is 22.3 Å². The molecule has 0 aliphatic rings. The fraction of sp³-hybridized carbons (Fsp3) is 0.192. The van der Waals surface area contributed by atoms with Crippen LogP contribution in [0.25, 0.3) is 22.3 Å². The molecule has 84 heavy (non-hydrogen) atoms. The van der Waals surface area contributed by atoms with E-state index < -0.39 is 198 Å². The van der Waals surface area contributed by atoms with Crippen LogP contribution in [0.2, 0.25) is 0 Å². The van der Waals surface area contributed by atoms with Crippen molar-refractivity contribution in [1.29, 1.82) is 0 Å². The Morgan fingerprint density at radius 3 is 0.488 bits per heavy atom. The smallest absolute Gasteiger partial charge is 0.310 e. The highest BCUT2D eigenvalue weighted by molar-refractivity contribution is 5.84. The molecule has 0 unspecified atom stereocenters. The van der Waals surface area contributed by atoms with Crippen LogP contribution >= 0.6 is 0 Å². The molecule has 0 N–H and O–H groups in total. The monoisotopic (exact) mass is 1240 g/mol. The Labute approximate surface area is 448 Å². The molecule has 2 nitrogen and oxygen atoms in total. The van der Waals surface area contributed by atoms with E-state index in [-0.39, 0.29) is 70.5 Å². The first-order chi connectivity index (χ1) is 37.9. The van der Waals surface area contributed by atoms with Gasteiger partial charge in [0.05, 0.1) is 55.6 Å². The maximum Gasteiger partial charge on any atom is 0.417 e. The molecular weight excluding hydrogens is 1220 g/mol. The number of rotatable bonds is 8. The van der Waals surface area contributed by atoms with Crippen LogP contribution in [0.3, 0.4) is 0 Å². The molecule has 0 bridgehead atoms. The highest BCUT2D eigenvalue weighted by Gasteiger charge is 2.45.